The fourth-order valence-corrected chi connectivity index (χ4v) is 2.55. The number of rotatable bonds is 2. The predicted octanol–water partition coefficient (Wildman–Crippen LogP) is 3.47. The minimum absolute atomic E-state index is 0.165. The molecule has 0 aliphatic rings. The molecule has 2 aromatic carbocycles. The van der Waals surface area contributed by atoms with Crippen LogP contribution in [0, 0.1) is 0 Å². The van der Waals surface area contributed by atoms with Crippen molar-refractivity contribution >= 4 is 16.5 Å². The summed E-state index contributed by atoms with van der Waals surface area (Å²) >= 11 is 1.33. The van der Waals surface area contributed by atoms with E-state index in [1.807, 2.05) is 29.6 Å². The number of phenolic OH excluding ortho intramolecular Hbond substituents is 2. The van der Waals surface area contributed by atoms with E-state index in [4.69, 9.17) is 5.73 Å². The van der Waals surface area contributed by atoms with Gasteiger partial charge in [-0.3, -0.25) is 0 Å². The molecule has 0 aliphatic heterocycles. The largest absolute Gasteiger partial charge is 0.508 e. The van der Waals surface area contributed by atoms with Gasteiger partial charge < -0.3 is 15.9 Å². The minimum atomic E-state index is 0.165. The molecule has 100 valence electrons. The number of hydrogen-bond acceptors (Lipinski definition) is 5. The summed E-state index contributed by atoms with van der Waals surface area (Å²) in [5, 5.41) is 21.6. The average molecular weight is 284 g/mol. The molecule has 4 N–H and O–H groups in total. The Bertz CT molecular complexity index is 751. The van der Waals surface area contributed by atoms with Gasteiger partial charge in [0.2, 0.25) is 0 Å². The van der Waals surface area contributed by atoms with Crippen molar-refractivity contribution < 1.29 is 10.2 Å². The monoisotopic (exact) mass is 284 g/mol. The molecular formula is C15H12N2O2S. The van der Waals surface area contributed by atoms with Gasteiger partial charge in [-0.2, -0.15) is 0 Å². The van der Waals surface area contributed by atoms with Gasteiger partial charge in [0.05, 0.1) is 5.69 Å². The van der Waals surface area contributed by atoms with Crippen molar-refractivity contribution in [2.75, 3.05) is 5.73 Å². The van der Waals surface area contributed by atoms with Crippen molar-refractivity contribution in [3.8, 4) is 33.9 Å². The van der Waals surface area contributed by atoms with Crippen LogP contribution in [0.2, 0.25) is 0 Å². The second-order valence-electron chi connectivity index (χ2n) is 4.35. The summed E-state index contributed by atoms with van der Waals surface area (Å²) in [6.07, 6.45) is 0. The molecule has 5 heteroatoms. The standard InChI is InChI=1S/C15H12N2O2S/c16-15-17-13(8-20-15)12-7-10(3-6-14(12)19)9-1-4-11(18)5-2-9/h1-8,18-19H,(H2,16,17). The minimum Gasteiger partial charge on any atom is -0.508 e. The molecule has 3 aromatic rings. The van der Waals surface area contributed by atoms with Crippen molar-refractivity contribution in [2.24, 2.45) is 0 Å². The van der Waals surface area contributed by atoms with Gasteiger partial charge in [0.15, 0.2) is 5.13 Å². The van der Waals surface area contributed by atoms with E-state index >= 15 is 0 Å². The lowest BCUT2D eigenvalue weighted by molar-refractivity contribution is 0.475. The molecule has 0 radical (unpaired) electrons. The predicted molar refractivity (Wildman–Crippen MR) is 80.7 cm³/mol. The third-order valence-electron chi connectivity index (χ3n) is 3.00. The van der Waals surface area contributed by atoms with E-state index in [1.54, 1.807) is 18.2 Å². The van der Waals surface area contributed by atoms with E-state index in [0.717, 1.165) is 11.1 Å². The second-order valence-corrected chi connectivity index (χ2v) is 5.24. The van der Waals surface area contributed by atoms with Crippen LogP contribution in [0.25, 0.3) is 22.4 Å². The fourth-order valence-electron chi connectivity index (χ4n) is 1.99. The molecule has 0 amide bonds. The molecule has 0 atom stereocenters. The Kier molecular flexibility index (Phi) is 3.04. The summed E-state index contributed by atoms with van der Waals surface area (Å²) in [6.45, 7) is 0. The lowest BCUT2D eigenvalue weighted by atomic mass is 10.0. The Morgan fingerprint density at radius 2 is 1.65 bits per heavy atom. The summed E-state index contributed by atoms with van der Waals surface area (Å²) in [4.78, 5) is 4.19. The third kappa shape index (κ3) is 2.31. The van der Waals surface area contributed by atoms with Crippen molar-refractivity contribution in [1.82, 2.24) is 4.98 Å². The van der Waals surface area contributed by atoms with E-state index < -0.39 is 0 Å². The molecule has 1 heterocycles. The highest BCUT2D eigenvalue weighted by Gasteiger charge is 2.10. The summed E-state index contributed by atoms with van der Waals surface area (Å²) in [7, 11) is 0. The number of nitrogen functional groups attached to an aromatic ring is 1. The van der Waals surface area contributed by atoms with Crippen molar-refractivity contribution in [3.05, 3.63) is 47.8 Å². The van der Waals surface area contributed by atoms with Crippen LogP contribution in [0.3, 0.4) is 0 Å². The first-order valence-corrected chi connectivity index (χ1v) is 6.85. The Morgan fingerprint density at radius 1 is 0.950 bits per heavy atom. The number of nitrogens with zero attached hydrogens (tertiary/aromatic N) is 1. The van der Waals surface area contributed by atoms with Gasteiger partial charge >= 0.3 is 0 Å². The van der Waals surface area contributed by atoms with E-state index in [1.165, 1.54) is 11.3 Å². The SMILES string of the molecule is Nc1nc(-c2cc(-c3ccc(O)cc3)ccc2O)cs1. The quantitative estimate of drug-likeness (QED) is 0.673. The van der Waals surface area contributed by atoms with Crippen LogP contribution in [-0.4, -0.2) is 15.2 Å². The van der Waals surface area contributed by atoms with E-state index in [0.29, 0.717) is 16.4 Å². The number of aromatic nitrogens is 1. The number of aromatic hydroxyl groups is 2. The van der Waals surface area contributed by atoms with Crippen LogP contribution in [0.1, 0.15) is 0 Å². The summed E-state index contributed by atoms with van der Waals surface area (Å²) in [5.74, 6) is 0.387. The highest BCUT2D eigenvalue weighted by Crippen LogP contribution is 2.34. The lowest BCUT2D eigenvalue weighted by Crippen LogP contribution is -1.85. The zero-order chi connectivity index (χ0) is 14.1. The summed E-state index contributed by atoms with van der Waals surface area (Å²) < 4.78 is 0. The molecule has 0 unspecified atom stereocenters. The third-order valence-corrected chi connectivity index (χ3v) is 3.67. The van der Waals surface area contributed by atoms with Crippen molar-refractivity contribution in [1.29, 1.82) is 0 Å². The van der Waals surface area contributed by atoms with Crippen LogP contribution in [-0.2, 0) is 0 Å². The Balaban J connectivity index is 2.08. The van der Waals surface area contributed by atoms with Crippen LogP contribution in [0.15, 0.2) is 47.8 Å². The van der Waals surface area contributed by atoms with Crippen LogP contribution < -0.4 is 5.73 Å². The van der Waals surface area contributed by atoms with Gasteiger partial charge in [-0.25, -0.2) is 4.98 Å². The van der Waals surface area contributed by atoms with Crippen LogP contribution in [0.5, 0.6) is 11.5 Å². The topological polar surface area (TPSA) is 79.4 Å². The van der Waals surface area contributed by atoms with Crippen molar-refractivity contribution in [2.45, 2.75) is 0 Å². The van der Waals surface area contributed by atoms with Crippen molar-refractivity contribution in [3.63, 3.8) is 0 Å². The van der Waals surface area contributed by atoms with E-state index in [2.05, 4.69) is 4.98 Å². The molecule has 0 aliphatic carbocycles. The number of phenols is 2. The molecule has 0 saturated heterocycles. The van der Waals surface area contributed by atoms with Gasteiger partial charge in [0.1, 0.15) is 11.5 Å². The normalized spacial score (nSPS) is 10.6. The molecule has 3 rings (SSSR count). The number of thiazole rings is 1. The molecule has 0 fully saturated rings. The lowest BCUT2D eigenvalue weighted by Gasteiger charge is -2.06. The van der Waals surface area contributed by atoms with Crippen LogP contribution in [0.4, 0.5) is 5.13 Å². The zero-order valence-electron chi connectivity index (χ0n) is 10.4. The summed E-state index contributed by atoms with van der Waals surface area (Å²) in [6, 6.07) is 12.2. The smallest absolute Gasteiger partial charge is 0.180 e. The average Bonchev–Trinajstić information content (AvgIpc) is 2.87. The zero-order valence-corrected chi connectivity index (χ0v) is 11.3. The van der Waals surface area contributed by atoms with E-state index in [-0.39, 0.29) is 11.5 Å². The number of hydrogen-bond donors (Lipinski definition) is 3. The molecular weight excluding hydrogens is 272 g/mol. The molecule has 0 bridgehead atoms. The van der Waals surface area contributed by atoms with E-state index in [9.17, 15) is 10.2 Å². The maximum atomic E-state index is 9.97. The second kappa shape index (κ2) is 4.86. The highest BCUT2D eigenvalue weighted by molar-refractivity contribution is 7.13. The molecule has 1 aromatic heterocycles. The Morgan fingerprint density at radius 3 is 2.30 bits per heavy atom. The number of nitrogens with two attached hydrogens (primary N) is 1. The number of benzene rings is 2. The van der Waals surface area contributed by atoms with Crippen LogP contribution >= 0.6 is 11.3 Å². The first-order chi connectivity index (χ1) is 9.63. The number of anilines is 1. The molecule has 0 saturated carbocycles. The highest BCUT2D eigenvalue weighted by atomic mass is 32.1. The van der Waals surface area contributed by atoms with Gasteiger partial charge in [-0.1, -0.05) is 18.2 Å². The maximum Gasteiger partial charge on any atom is 0.180 e. The first kappa shape index (κ1) is 12.5. The van der Waals surface area contributed by atoms with Gasteiger partial charge in [0.25, 0.3) is 0 Å². The molecule has 20 heavy (non-hydrogen) atoms. The summed E-state index contributed by atoms with van der Waals surface area (Å²) in [5.41, 5.74) is 8.82. The fraction of sp³-hybridized carbons (Fsp3) is 0. The Hall–Kier alpha value is -2.53. The maximum absolute atomic E-state index is 9.97. The Labute approximate surface area is 119 Å². The molecule has 0 spiro atoms. The van der Waals surface area contributed by atoms with Gasteiger partial charge in [-0.05, 0) is 35.4 Å². The molecule has 4 nitrogen and oxygen atoms in total. The first-order valence-electron chi connectivity index (χ1n) is 5.97. The van der Waals surface area contributed by atoms with Gasteiger partial charge in [0, 0.05) is 10.9 Å². The van der Waals surface area contributed by atoms with Gasteiger partial charge in [-0.15, -0.1) is 11.3 Å².